The number of piperazine rings is 1. The van der Waals surface area contributed by atoms with E-state index in [0.717, 1.165) is 11.6 Å². The molecular weight excluding hydrogens is 429 g/mol. The SMILES string of the molecule is COc1cc(OC)c(CN2CCN(C(=O)OCc3c(F)ccc(F)c3F)CC2)c(OC)c1. The Morgan fingerprint density at radius 2 is 1.47 bits per heavy atom. The van der Waals surface area contributed by atoms with Crippen LogP contribution in [-0.2, 0) is 17.9 Å². The van der Waals surface area contributed by atoms with Crippen molar-refractivity contribution in [2.75, 3.05) is 47.5 Å². The fraction of sp³-hybridized carbons (Fsp3) is 0.409. The van der Waals surface area contributed by atoms with E-state index in [2.05, 4.69) is 4.90 Å². The maximum absolute atomic E-state index is 13.7. The highest BCUT2D eigenvalue weighted by Gasteiger charge is 2.25. The molecule has 32 heavy (non-hydrogen) atoms. The van der Waals surface area contributed by atoms with Gasteiger partial charge >= 0.3 is 6.09 Å². The molecule has 2 aromatic carbocycles. The van der Waals surface area contributed by atoms with Crippen LogP contribution in [0.1, 0.15) is 11.1 Å². The Kier molecular flexibility index (Phi) is 7.68. The zero-order valence-electron chi connectivity index (χ0n) is 18.1. The summed E-state index contributed by atoms with van der Waals surface area (Å²) in [6.07, 6.45) is -0.715. The number of nitrogens with zero attached hydrogens (tertiary/aromatic N) is 2. The minimum Gasteiger partial charge on any atom is -0.496 e. The van der Waals surface area contributed by atoms with Crippen LogP contribution >= 0.6 is 0 Å². The van der Waals surface area contributed by atoms with Crippen LogP contribution in [0.5, 0.6) is 17.2 Å². The molecule has 1 heterocycles. The summed E-state index contributed by atoms with van der Waals surface area (Å²) in [6.45, 7) is 1.63. The van der Waals surface area contributed by atoms with Gasteiger partial charge in [-0.1, -0.05) is 0 Å². The van der Waals surface area contributed by atoms with E-state index < -0.39 is 35.7 Å². The van der Waals surface area contributed by atoms with Crippen LogP contribution in [0.25, 0.3) is 0 Å². The fourth-order valence-electron chi connectivity index (χ4n) is 3.47. The summed E-state index contributed by atoms with van der Waals surface area (Å²) < 4.78 is 61.9. The Hall–Kier alpha value is -3.14. The molecule has 3 rings (SSSR count). The van der Waals surface area contributed by atoms with Gasteiger partial charge in [-0.25, -0.2) is 18.0 Å². The van der Waals surface area contributed by atoms with Crippen LogP contribution in [0.15, 0.2) is 24.3 Å². The highest BCUT2D eigenvalue weighted by molar-refractivity contribution is 5.67. The molecule has 1 saturated heterocycles. The number of rotatable bonds is 7. The van der Waals surface area contributed by atoms with Crippen molar-refractivity contribution >= 4 is 6.09 Å². The molecule has 0 spiro atoms. The summed E-state index contributed by atoms with van der Waals surface area (Å²) in [7, 11) is 4.69. The van der Waals surface area contributed by atoms with Crippen LogP contribution < -0.4 is 14.2 Å². The van der Waals surface area contributed by atoms with Gasteiger partial charge < -0.3 is 23.8 Å². The number of carbonyl (C=O) groups excluding carboxylic acids is 1. The molecule has 1 amide bonds. The first-order chi connectivity index (χ1) is 15.4. The molecule has 0 aliphatic carbocycles. The van der Waals surface area contributed by atoms with Gasteiger partial charge in [0.25, 0.3) is 0 Å². The number of benzene rings is 2. The molecule has 0 saturated carbocycles. The molecule has 7 nitrogen and oxygen atoms in total. The lowest BCUT2D eigenvalue weighted by Crippen LogP contribution is -2.48. The van der Waals surface area contributed by atoms with Gasteiger partial charge in [0.15, 0.2) is 11.6 Å². The summed E-state index contributed by atoms with van der Waals surface area (Å²) in [5, 5.41) is 0. The van der Waals surface area contributed by atoms with Gasteiger partial charge in [-0.2, -0.15) is 0 Å². The highest BCUT2D eigenvalue weighted by atomic mass is 19.2. The zero-order valence-corrected chi connectivity index (χ0v) is 18.1. The van der Waals surface area contributed by atoms with E-state index in [1.54, 1.807) is 33.5 Å². The van der Waals surface area contributed by atoms with Crippen LogP contribution in [-0.4, -0.2) is 63.4 Å². The summed E-state index contributed by atoms with van der Waals surface area (Å²) in [6, 6.07) is 5.02. The normalized spacial score (nSPS) is 14.2. The highest BCUT2D eigenvalue weighted by Crippen LogP contribution is 2.35. The van der Waals surface area contributed by atoms with E-state index in [4.69, 9.17) is 18.9 Å². The molecule has 0 radical (unpaired) electrons. The Bertz CT molecular complexity index is 940. The molecule has 2 aromatic rings. The van der Waals surface area contributed by atoms with Crippen molar-refractivity contribution in [2.45, 2.75) is 13.2 Å². The maximum atomic E-state index is 13.7. The second kappa shape index (κ2) is 10.4. The zero-order chi connectivity index (χ0) is 23.3. The van der Waals surface area contributed by atoms with Crippen LogP contribution in [0, 0.1) is 17.5 Å². The third-order valence-electron chi connectivity index (χ3n) is 5.31. The molecule has 174 valence electrons. The number of amides is 1. The Morgan fingerprint density at radius 1 is 0.875 bits per heavy atom. The van der Waals surface area contributed by atoms with Crippen LogP contribution in [0.3, 0.4) is 0 Å². The fourth-order valence-corrected chi connectivity index (χ4v) is 3.47. The topological polar surface area (TPSA) is 60.5 Å². The Balaban J connectivity index is 1.58. The lowest BCUT2D eigenvalue weighted by atomic mass is 10.1. The second-order valence-corrected chi connectivity index (χ2v) is 7.15. The molecule has 1 aliphatic rings. The van der Waals surface area contributed by atoms with E-state index >= 15 is 0 Å². The number of halogens is 3. The molecule has 10 heteroatoms. The quantitative estimate of drug-likeness (QED) is 0.596. The molecule has 0 N–H and O–H groups in total. The first-order valence-electron chi connectivity index (χ1n) is 9.93. The summed E-state index contributed by atoms with van der Waals surface area (Å²) in [5.74, 6) is -1.66. The van der Waals surface area contributed by atoms with Gasteiger partial charge in [-0.3, -0.25) is 4.90 Å². The minimum atomic E-state index is -1.36. The first kappa shape index (κ1) is 23.5. The van der Waals surface area contributed by atoms with Gasteiger partial charge in [0.05, 0.1) is 32.5 Å². The lowest BCUT2D eigenvalue weighted by molar-refractivity contribution is 0.0682. The third-order valence-corrected chi connectivity index (χ3v) is 5.31. The summed E-state index contributed by atoms with van der Waals surface area (Å²) >= 11 is 0. The van der Waals surface area contributed by atoms with Gasteiger partial charge in [0.1, 0.15) is 29.7 Å². The lowest BCUT2D eigenvalue weighted by Gasteiger charge is -2.34. The van der Waals surface area contributed by atoms with E-state index in [-0.39, 0.29) is 0 Å². The molecule has 0 aromatic heterocycles. The maximum Gasteiger partial charge on any atom is 0.410 e. The number of hydrogen-bond acceptors (Lipinski definition) is 6. The van der Waals surface area contributed by atoms with Gasteiger partial charge in [0, 0.05) is 44.9 Å². The van der Waals surface area contributed by atoms with Crippen molar-refractivity contribution in [1.29, 1.82) is 0 Å². The summed E-state index contributed by atoms with van der Waals surface area (Å²) in [4.78, 5) is 15.9. The van der Waals surface area contributed by atoms with Crippen molar-refractivity contribution < 1.29 is 36.9 Å². The number of ether oxygens (including phenoxy) is 4. The van der Waals surface area contributed by atoms with Crippen molar-refractivity contribution in [3.05, 3.63) is 52.8 Å². The summed E-state index contributed by atoms with van der Waals surface area (Å²) in [5.41, 5.74) is 0.236. The van der Waals surface area contributed by atoms with Gasteiger partial charge in [-0.15, -0.1) is 0 Å². The molecule has 0 atom stereocenters. The average molecular weight is 454 g/mol. The van der Waals surface area contributed by atoms with E-state index in [9.17, 15) is 18.0 Å². The van der Waals surface area contributed by atoms with Crippen molar-refractivity contribution in [3.8, 4) is 17.2 Å². The van der Waals surface area contributed by atoms with Crippen molar-refractivity contribution in [2.24, 2.45) is 0 Å². The molecular formula is C22H25F3N2O5. The Labute approximate surface area is 184 Å². The predicted octanol–water partition coefficient (Wildman–Crippen LogP) is 3.58. The smallest absolute Gasteiger partial charge is 0.410 e. The second-order valence-electron chi connectivity index (χ2n) is 7.15. The van der Waals surface area contributed by atoms with Crippen molar-refractivity contribution in [3.63, 3.8) is 0 Å². The molecule has 0 bridgehead atoms. The first-order valence-corrected chi connectivity index (χ1v) is 9.93. The molecule has 1 fully saturated rings. The largest absolute Gasteiger partial charge is 0.496 e. The van der Waals surface area contributed by atoms with E-state index in [0.29, 0.717) is 56.0 Å². The number of methoxy groups -OCH3 is 3. The third kappa shape index (κ3) is 5.18. The monoisotopic (exact) mass is 454 g/mol. The van der Waals surface area contributed by atoms with Crippen LogP contribution in [0.4, 0.5) is 18.0 Å². The van der Waals surface area contributed by atoms with Crippen LogP contribution in [0.2, 0.25) is 0 Å². The van der Waals surface area contributed by atoms with Gasteiger partial charge in [0.2, 0.25) is 0 Å². The van der Waals surface area contributed by atoms with Gasteiger partial charge in [-0.05, 0) is 12.1 Å². The number of carbonyl (C=O) groups is 1. The van der Waals surface area contributed by atoms with E-state index in [1.807, 2.05) is 0 Å². The molecule has 0 unspecified atom stereocenters. The van der Waals surface area contributed by atoms with Crippen molar-refractivity contribution in [1.82, 2.24) is 9.80 Å². The standard InChI is InChI=1S/C22H25F3N2O5/c1-29-14-10-19(30-2)15(20(11-14)31-3)12-26-6-8-27(9-7-26)22(28)32-13-16-17(23)4-5-18(24)21(16)25/h4-5,10-11H,6-9,12-13H2,1-3H3. The average Bonchev–Trinajstić information content (AvgIpc) is 2.81. The van der Waals surface area contributed by atoms with E-state index in [1.165, 1.54) is 4.90 Å². The minimum absolute atomic E-state index is 0.355. The molecule has 1 aliphatic heterocycles. The predicted molar refractivity (Wildman–Crippen MR) is 109 cm³/mol. The number of hydrogen-bond donors (Lipinski definition) is 0. The Morgan fingerprint density at radius 3 is 2.03 bits per heavy atom.